The maximum atomic E-state index is 13.4. The highest BCUT2D eigenvalue weighted by Crippen LogP contribution is 2.45. The average molecular weight is 498 g/mol. The number of hydrogen-bond acceptors (Lipinski definition) is 11. The van der Waals surface area contributed by atoms with Gasteiger partial charge in [-0.05, 0) is 24.3 Å². The van der Waals surface area contributed by atoms with E-state index in [0.29, 0.717) is 0 Å². The number of esters is 1. The van der Waals surface area contributed by atoms with Crippen molar-refractivity contribution in [3.05, 3.63) is 59.2 Å². The number of phenolic OH excluding ortho intramolecular Hbond substituents is 4. The molecule has 0 bridgehead atoms. The molecule has 4 N–H and O–H groups in total. The van der Waals surface area contributed by atoms with Crippen molar-refractivity contribution in [3.8, 4) is 46.0 Å². The van der Waals surface area contributed by atoms with Crippen LogP contribution < -0.4 is 18.9 Å². The lowest BCUT2D eigenvalue weighted by atomic mass is 9.92. The quantitative estimate of drug-likeness (QED) is 0.370. The number of ether oxygens (including phenoxy) is 5. The van der Waals surface area contributed by atoms with Gasteiger partial charge in [0.25, 0.3) is 0 Å². The molecule has 0 spiro atoms. The van der Waals surface area contributed by atoms with Crippen LogP contribution in [0.2, 0.25) is 0 Å². The minimum atomic E-state index is -1.67. The zero-order valence-electron chi connectivity index (χ0n) is 19.3. The van der Waals surface area contributed by atoms with Gasteiger partial charge in [0, 0.05) is 23.8 Å². The van der Waals surface area contributed by atoms with Crippen molar-refractivity contribution in [2.24, 2.45) is 0 Å². The minimum absolute atomic E-state index is 0.0114. The van der Waals surface area contributed by atoms with E-state index in [-0.39, 0.29) is 51.2 Å². The number of fused-ring (bicyclic) bond motifs is 1. The Kier molecular flexibility index (Phi) is 6.39. The molecule has 11 heteroatoms. The maximum absolute atomic E-state index is 13.4. The molecule has 0 saturated carbocycles. The number of rotatable bonds is 6. The Morgan fingerprint density at radius 3 is 2.06 bits per heavy atom. The number of methoxy groups -OCH3 is 3. The highest BCUT2D eigenvalue weighted by molar-refractivity contribution is 6.07. The molecule has 2 unspecified atom stereocenters. The fourth-order valence-corrected chi connectivity index (χ4v) is 3.90. The molecule has 36 heavy (non-hydrogen) atoms. The van der Waals surface area contributed by atoms with Gasteiger partial charge in [-0.3, -0.25) is 4.79 Å². The van der Waals surface area contributed by atoms with Gasteiger partial charge < -0.3 is 44.1 Å². The van der Waals surface area contributed by atoms with Crippen LogP contribution in [0.25, 0.3) is 0 Å². The van der Waals surface area contributed by atoms with Crippen LogP contribution in [0.5, 0.6) is 46.0 Å². The average Bonchev–Trinajstić information content (AvgIpc) is 2.84. The summed E-state index contributed by atoms with van der Waals surface area (Å²) in [5.74, 6) is -3.07. The first kappa shape index (κ1) is 24.3. The number of aromatic hydroxyl groups is 4. The fraction of sp³-hybridized carbons (Fsp3) is 0.200. The summed E-state index contributed by atoms with van der Waals surface area (Å²) < 4.78 is 27.1. The Morgan fingerprint density at radius 1 is 0.833 bits per heavy atom. The lowest BCUT2D eigenvalue weighted by molar-refractivity contribution is -0.0106. The van der Waals surface area contributed by atoms with Gasteiger partial charge in [0.2, 0.25) is 17.6 Å². The minimum Gasteiger partial charge on any atom is -0.508 e. The smallest absolute Gasteiger partial charge is 0.339 e. The number of benzene rings is 3. The Bertz CT molecular complexity index is 1320. The molecule has 0 aromatic heterocycles. The molecular weight excluding hydrogens is 476 g/mol. The lowest BCUT2D eigenvalue weighted by Crippen LogP contribution is -2.40. The second-order valence-corrected chi connectivity index (χ2v) is 7.72. The highest BCUT2D eigenvalue weighted by Gasteiger charge is 2.44. The molecule has 1 heterocycles. The molecule has 1 aliphatic heterocycles. The maximum Gasteiger partial charge on any atom is 0.339 e. The monoisotopic (exact) mass is 498 g/mol. The van der Waals surface area contributed by atoms with Crippen molar-refractivity contribution >= 4 is 11.8 Å². The second-order valence-electron chi connectivity index (χ2n) is 7.72. The van der Waals surface area contributed by atoms with E-state index in [9.17, 15) is 30.0 Å². The van der Waals surface area contributed by atoms with Crippen LogP contribution in [0.4, 0.5) is 0 Å². The Labute approximate surface area is 204 Å². The third-order valence-corrected chi connectivity index (χ3v) is 5.55. The number of carbonyl (C=O) groups excluding carboxylic acids is 2. The van der Waals surface area contributed by atoms with Crippen LogP contribution in [0.1, 0.15) is 32.4 Å². The van der Waals surface area contributed by atoms with Gasteiger partial charge in [-0.25, -0.2) is 4.79 Å². The molecule has 1 aliphatic rings. The van der Waals surface area contributed by atoms with Crippen molar-refractivity contribution in [2.75, 3.05) is 21.3 Å². The molecule has 4 rings (SSSR count). The molecule has 3 aromatic rings. The van der Waals surface area contributed by atoms with Gasteiger partial charge in [-0.15, -0.1) is 0 Å². The molecule has 3 aromatic carbocycles. The van der Waals surface area contributed by atoms with Gasteiger partial charge in [0.15, 0.2) is 17.6 Å². The predicted octanol–water partition coefficient (Wildman–Crippen LogP) is 3.08. The van der Waals surface area contributed by atoms with Crippen LogP contribution in [-0.2, 0) is 4.74 Å². The summed E-state index contributed by atoms with van der Waals surface area (Å²) in [6.45, 7) is 0. The Balaban J connectivity index is 1.79. The molecule has 0 amide bonds. The molecule has 2 atom stereocenters. The van der Waals surface area contributed by atoms with Crippen molar-refractivity contribution in [2.45, 2.75) is 12.2 Å². The van der Waals surface area contributed by atoms with Crippen molar-refractivity contribution in [1.82, 2.24) is 0 Å². The number of Topliss-reactive ketones (excluding diaryl/α,β-unsaturated/α-hetero) is 1. The van der Waals surface area contributed by atoms with Crippen molar-refractivity contribution in [1.29, 1.82) is 0 Å². The van der Waals surface area contributed by atoms with E-state index in [1.807, 2.05) is 0 Å². The standard InChI is InChI=1S/C25H22O11/c1-32-18-6-11(7-19(33-2)23(18)34-3)25(31)36-24-21(30)20-16(29)9-13(27)10-17(20)35-22(24)14-5-4-12(26)8-15(14)28/h4-10,22,24,26-29H,1-3H3. The fourth-order valence-electron chi connectivity index (χ4n) is 3.90. The van der Waals surface area contributed by atoms with E-state index in [0.717, 1.165) is 18.2 Å². The number of carbonyl (C=O) groups is 2. The predicted molar refractivity (Wildman–Crippen MR) is 123 cm³/mol. The first-order valence-electron chi connectivity index (χ1n) is 10.5. The number of phenols is 4. The molecule has 188 valence electrons. The van der Waals surface area contributed by atoms with Gasteiger partial charge in [0.1, 0.15) is 34.3 Å². The zero-order valence-corrected chi connectivity index (χ0v) is 19.3. The van der Waals surface area contributed by atoms with Gasteiger partial charge >= 0.3 is 5.97 Å². The number of hydrogen-bond donors (Lipinski definition) is 4. The first-order chi connectivity index (χ1) is 17.2. The van der Waals surface area contributed by atoms with Crippen molar-refractivity contribution < 1.29 is 53.7 Å². The summed E-state index contributed by atoms with van der Waals surface area (Å²) >= 11 is 0. The van der Waals surface area contributed by atoms with Gasteiger partial charge in [-0.1, -0.05) is 0 Å². The van der Waals surface area contributed by atoms with Gasteiger partial charge in [0.05, 0.1) is 26.9 Å². The Hall–Kier alpha value is -4.80. The third-order valence-electron chi connectivity index (χ3n) is 5.55. The highest BCUT2D eigenvalue weighted by atomic mass is 16.6. The zero-order chi connectivity index (χ0) is 26.1. The molecule has 0 saturated heterocycles. The first-order valence-corrected chi connectivity index (χ1v) is 10.5. The summed E-state index contributed by atoms with van der Waals surface area (Å²) in [6, 6.07) is 8.26. The van der Waals surface area contributed by atoms with Crippen LogP contribution in [0, 0.1) is 0 Å². The van der Waals surface area contributed by atoms with E-state index in [1.165, 1.54) is 45.6 Å². The molecule has 0 radical (unpaired) electrons. The van der Waals surface area contributed by atoms with Crippen molar-refractivity contribution in [3.63, 3.8) is 0 Å². The summed E-state index contributed by atoms with van der Waals surface area (Å²) in [5, 5.41) is 40.2. The van der Waals surface area contributed by atoms with Gasteiger partial charge in [-0.2, -0.15) is 0 Å². The summed E-state index contributed by atoms with van der Waals surface area (Å²) in [6.07, 6.45) is -3.06. The summed E-state index contributed by atoms with van der Waals surface area (Å²) in [4.78, 5) is 26.6. The third kappa shape index (κ3) is 4.22. The van der Waals surface area contributed by atoms with Crippen LogP contribution in [0.3, 0.4) is 0 Å². The second kappa shape index (κ2) is 9.45. The number of ketones is 1. The molecular formula is C25H22O11. The Morgan fingerprint density at radius 2 is 1.47 bits per heavy atom. The lowest BCUT2D eigenvalue weighted by Gasteiger charge is -2.33. The van der Waals surface area contributed by atoms with E-state index in [1.54, 1.807) is 0 Å². The normalized spacial score (nSPS) is 16.5. The molecule has 11 nitrogen and oxygen atoms in total. The van der Waals surface area contributed by atoms with E-state index >= 15 is 0 Å². The topological polar surface area (TPSA) is 161 Å². The largest absolute Gasteiger partial charge is 0.508 e. The van der Waals surface area contributed by atoms with E-state index in [2.05, 4.69) is 0 Å². The SMILES string of the molecule is COc1cc(C(=O)OC2C(=O)c3c(O)cc(O)cc3OC2c2ccc(O)cc2O)cc(OC)c1OC. The van der Waals surface area contributed by atoms with Crippen LogP contribution >= 0.6 is 0 Å². The van der Waals surface area contributed by atoms with E-state index in [4.69, 9.17) is 23.7 Å². The van der Waals surface area contributed by atoms with Crippen LogP contribution in [0.15, 0.2) is 42.5 Å². The summed E-state index contributed by atoms with van der Waals surface area (Å²) in [7, 11) is 4.13. The summed E-state index contributed by atoms with van der Waals surface area (Å²) in [5.41, 5.74) is -0.353. The van der Waals surface area contributed by atoms with Crippen LogP contribution in [-0.4, -0.2) is 59.6 Å². The van der Waals surface area contributed by atoms with E-state index < -0.39 is 35.5 Å². The molecule has 0 aliphatic carbocycles. The molecule has 0 fully saturated rings.